The molecule has 130 valence electrons. The monoisotopic (exact) mass is 348 g/mol. The number of thiophene rings is 1. The first-order valence-corrected chi connectivity index (χ1v) is 9.69. The van der Waals surface area contributed by atoms with Crippen molar-refractivity contribution in [1.82, 2.24) is 20.0 Å². The smallest absolute Gasteiger partial charge is 0.263 e. The van der Waals surface area contributed by atoms with Gasteiger partial charge in [-0.15, -0.1) is 11.3 Å². The molecule has 1 atom stereocenters. The van der Waals surface area contributed by atoms with Crippen LogP contribution < -0.4 is 5.32 Å². The molecule has 3 aliphatic rings. The topological polar surface area (TPSA) is 55.9 Å². The van der Waals surface area contributed by atoms with Crippen molar-refractivity contribution in [2.75, 3.05) is 45.8 Å². The second-order valence-corrected chi connectivity index (χ2v) is 7.79. The molecule has 4 heterocycles. The Bertz CT molecular complexity index is 598. The highest BCUT2D eigenvalue weighted by molar-refractivity contribution is 7.12. The van der Waals surface area contributed by atoms with Gasteiger partial charge in [-0.2, -0.15) is 0 Å². The Morgan fingerprint density at radius 1 is 1.12 bits per heavy atom. The summed E-state index contributed by atoms with van der Waals surface area (Å²) in [5, 5.41) is 4.94. The molecule has 1 N–H and O–H groups in total. The number of nitrogens with zero attached hydrogens (tertiary/aromatic N) is 3. The van der Waals surface area contributed by atoms with E-state index in [-0.39, 0.29) is 17.9 Å². The number of fused-ring (bicyclic) bond motifs is 1. The van der Waals surface area contributed by atoms with E-state index in [1.165, 1.54) is 11.3 Å². The van der Waals surface area contributed by atoms with Gasteiger partial charge < -0.3 is 10.2 Å². The number of hydrogen-bond acceptors (Lipinski definition) is 5. The number of likely N-dealkylation sites (tertiary alicyclic amines) is 1. The van der Waals surface area contributed by atoms with Crippen molar-refractivity contribution in [2.24, 2.45) is 0 Å². The molecule has 7 heteroatoms. The lowest BCUT2D eigenvalue weighted by Gasteiger charge is -2.47. The van der Waals surface area contributed by atoms with Crippen LogP contribution in [0.4, 0.5) is 0 Å². The van der Waals surface area contributed by atoms with Crippen molar-refractivity contribution in [3.63, 3.8) is 0 Å². The van der Waals surface area contributed by atoms with Gasteiger partial charge in [0.15, 0.2) is 0 Å². The molecule has 3 aliphatic heterocycles. The van der Waals surface area contributed by atoms with Gasteiger partial charge in [0, 0.05) is 51.9 Å². The van der Waals surface area contributed by atoms with Crippen molar-refractivity contribution in [3.8, 4) is 0 Å². The van der Waals surface area contributed by atoms with Crippen LogP contribution in [0.15, 0.2) is 17.5 Å². The molecule has 3 fully saturated rings. The molecule has 2 amide bonds. The molecule has 6 nitrogen and oxygen atoms in total. The molecule has 0 unspecified atom stereocenters. The van der Waals surface area contributed by atoms with Gasteiger partial charge in [-0.3, -0.25) is 19.4 Å². The highest BCUT2D eigenvalue weighted by Crippen LogP contribution is 2.23. The summed E-state index contributed by atoms with van der Waals surface area (Å²) in [7, 11) is 0. The van der Waals surface area contributed by atoms with E-state index >= 15 is 0 Å². The number of amides is 2. The molecule has 24 heavy (non-hydrogen) atoms. The van der Waals surface area contributed by atoms with Gasteiger partial charge >= 0.3 is 0 Å². The third-order valence-corrected chi connectivity index (χ3v) is 6.38. The van der Waals surface area contributed by atoms with E-state index in [4.69, 9.17) is 0 Å². The number of piperidine rings is 1. The van der Waals surface area contributed by atoms with Crippen molar-refractivity contribution >= 4 is 23.2 Å². The fourth-order valence-corrected chi connectivity index (χ4v) is 4.81. The number of nitrogens with one attached hydrogen (secondary N) is 1. The number of rotatable bonds is 2. The predicted octanol–water partition coefficient (Wildman–Crippen LogP) is 0.469. The zero-order valence-electron chi connectivity index (χ0n) is 13.8. The normalized spacial score (nSPS) is 26.9. The van der Waals surface area contributed by atoms with E-state index in [0.717, 1.165) is 63.5 Å². The van der Waals surface area contributed by atoms with Crippen molar-refractivity contribution in [2.45, 2.75) is 24.9 Å². The molecule has 0 bridgehead atoms. The average Bonchev–Trinajstić information content (AvgIpc) is 3.16. The number of carbonyl (C=O) groups is 2. The van der Waals surface area contributed by atoms with E-state index in [2.05, 4.69) is 15.1 Å². The van der Waals surface area contributed by atoms with Crippen molar-refractivity contribution in [3.05, 3.63) is 22.4 Å². The average molecular weight is 348 g/mol. The van der Waals surface area contributed by atoms with Crippen LogP contribution in [-0.2, 0) is 4.79 Å². The Kier molecular flexibility index (Phi) is 4.56. The van der Waals surface area contributed by atoms with Crippen LogP contribution in [0.1, 0.15) is 22.5 Å². The molecule has 0 saturated carbocycles. The molecule has 3 saturated heterocycles. The number of hydrogen-bond donors (Lipinski definition) is 1. The van der Waals surface area contributed by atoms with Crippen molar-refractivity contribution < 1.29 is 9.59 Å². The van der Waals surface area contributed by atoms with E-state index in [1.807, 2.05) is 22.4 Å². The van der Waals surface area contributed by atoms with Crippen LogP contribution in [0.25, 0.3) is 0 Å². The summed E-state index contributed by atoms with van der Waals surface area (Å²) >= 11 is 1.51. The first-order valence-electron chi connectivity index (χ1n) is 8.81. The summed E-state index contributed by atoms with van der Waals surface area (Å²) in [5.74, 6) is 0.344. The molecule has 0 aliphatic carbocycles. The minimum Gasteiger partial charge on any atom is -0.353 e. The Hall–Kier alpha value is -1.44. The summed E-state index contributed by atoms with van der Waals surface area (Å²) in [6.07, 6.45) is 2.01. The van der Waals surface area contributed by atoms with E-state index < -0.39 is 0 Å². The van der Waals surface area contributed by atoms with Gasteiger partial charge in [0.1, 0.15) is 6.04 Å². The lowest BCUT2D eigenvalue weighted by atomic mass is 9.99. The van der Waals surface area contributed by atoms with E-state index in [0.29, 0.717) is 6.04 Å². The van der Waals surface area contributed by atoms with Gasteiger partial charge in [0.05, 0.1) is 4.88 Å². The summed E-state index contributed by atoms with van der Waals surface area (Å²) in [4.78, 5) is 32.1. The lowest BCUT2D eigenvalue weighted by molar-refractivity contribution is -0.132. The predicted molar refractivity (Wildman–Crippen MR) is 93.2 cm³/mol. The first kappa shape index (κ1) is 16.1. The van der Waals surface area contributed by atoms with Crippen LogP contribution in [0.2, 0.25) is 0 Å². The maximum atomic E-state index is 12.4. The Labute approximate surface area is 146 Å². The zero-order chi connectivity index (χ0) is 16.5. The van der Waals surface area contributed by atoms with E-state index in [1.54, 1.807) is 0 Å². The molecule has 1 aromatic heterocycles. The summed E-state index contributed by atoms with van der Waals surface area (Å²) in [6, 6.07) is 4.34. The largest absolute Gasteiger partial charge is 0.353 e. The summed E-state index contributed by atoms with van der Waals surface area (Å²) in [6.45, 7) is 6.22. The minimum atomic E-state index is 0.0123. The summed E-state index contributed by atoms with van der Waals surface area (Å²) in [5.41, 5.74) is 0. The van der Waals surface area contributed by atoms with Gasteiger partial charge in [-0.1, -0.05) is 6.07 Å². The third-order valence-electron chi connectivity index (χ3n) is 5.52. The van der Waals surface area contributed by atoms with Crippen LogP contribution in [0.3, 0.4) is 0 Å². The summed E-state index contributed by atoms with van der Waals surface area (Å²) < 4.78 is 0. The maximum absolute atomic E-state index is 12.4. The number of piperazine rings is 2. The van der Waals surface area contributed by atoms with Gasteiger partial charge in [-0.25, -0.2) is 0 Å². The van der Waals surface area contributed by atoms with Crippen LogP contribution >= 0.6 is 11.3 Å². The second kappa shape index (κ2) is 6.82. The van der Waals surface area contributed by atoms with Crippen LogP contribution in [0.5, 0.6) is 0 Å². The maximum Gasteiger partial charge on any atom is 0.263 e. The van der Waals surface area contributed by atoms with Crippen LogP contribution in [0, 0.1) is 0 Å². The van der Waals surface area contributed by atoms with Crippen LogP contribution in [-0.4, -0.2) is 84.4 Å². The highest BCUT2D eigenvalue weighted by Gasteiger charge is 2.38. The quantitative estimate of drug-likeness (QED) is 0.844. The molecule has 0 radical (unpaired) electrons. The minimum absolute atomic E-state index is 0.0123. The fourth-order valence-electron chi connectivity index (χ4n) is 4.12. The Morgan fingerprint density at radius 3 is 2.67 bits per heavy atom. The SMILES string of the molecule is O=C1NCCN2CCN(C3CCN(C(=O)c4cccs4)CC3)C[C@@H]12. The second-order valence-electron chi connectivity index (χ2n) is 6.84. The molecular weight excluding hydrogens is 324 g/mol. The molecule has 4 rings (SSSR count). The number of carbonyl (C=O) groups excluding carboxylic acids is 2. The highest BCUT2D eigenvalue weighted by atomic mass is 32.1. The van der Waals surface area contributed by atoms with E-state index in [9.17, 15) is 9.59 Å². The Morgan fingerprint density at radius 2 is 1.92 bits per heavy atom. The van der Waals surface area contributed by atoms with Gasteiger partial charge in [0.25, 0.3) is 5.91 Å². The molecule has 1 aromatic rings. The zero-order valence-corrected chi connectivity index (χ0v) is 14.6. The molecule has 0 spiro atoms. The molecular formula is C17H24N4O2S. The van der Waals surface area contributed by atoms with Crippen molar-refractivity contribution in [1.29, 1.82) is 0 Å². The standard InChI is InChI=1S/C17H24N4O2S/c22-16-14-12-21(10-9-19(14)8-5-18-16)13-3-6-20(7-4-13)17(23)15-2-1-11-24-15/h1-2,11,13-14H,3-10,12H2,(H,18,22)/t14-/m0/s1. The third kappa shape index (κ3) is 3.08. The lowest BCUT2D eigenvalue weighted by Crippen LogP contribution is -2.65. The van der Waals surface area contributed by atoms with Gasteiger partial charge in [0.2, 0.25) is 5.91 Å². The van der Waals surface area contributed by atoms with Gasteiger partial charge in [-0.05, 0) is 24.3 Å². The Balaban J connectivity index is 1.33. The first-order chi connectivity index (χ1) is 11.7. The fraction of sp³-hybridized carbons (Fsp3) is 0.647. The molecule has 0 aromatic carbocycles.